The van der Waals surface area contributed by atoms with Crippen molar-refractivity contribution < 1.29 is 4.43 Å². The summed E-state index contributed by atoms with van der Waals surface area (Å²) in [6.45, 7) is 8.55. The summed E-state index contributed by atoms with van der Waals surface area (Å²) >= 11 is 0. The molecule has 1 heterocycles. The Kier molecular flexibility index (Phi) is 4.85. The maximum Gasteiger partial charge on any atom is 0.242 e. The van der Waals surface area contributed by atoms with Crippen LogP contribution in [0.5, 0.6) is 5.75 Å². The zero-order valence-corrected chi connectivity index (χ0v) is 14.0. The maximum absolute atomic E-state index is 6.08. The van der Waals surface area contributed by atoms with Gasteiger partial charge in [0.05, 0.1) is 0 Å². The molecule has 0 saturated heterocycles. The second kappa shape index (κ2) is 6.63. The molecule has 0 aliphatic heterocycles. The van der Waals surface area contributed by atoms with Crippen molar-refractivity contribution in [3.05, 3.63) is 48.0 Å². The molecule has 0 radical (unpaired) electrons. The van der Waals surface area contributed by atoms with Crippen LogP contribution < -0.4 is 4.43 Å². The van der Waals surface area contributed by atoms with Crippen molar-refractivity contribution in [2.75, 3.05) is 0 Å². The average Bonchev–Trinajstić information content (AvgIpc) is 2.42. The third kappa shape index (κ3) is 5.11. The predicted octanol–water partition coefficient (Wildman–Crippen LogP) is 3.94. The molecule has 2 aromatic rings. The molecule has 2 rings (SSSR count). The normalized spacial score (nSPS) is 11.8. The molecule has 21 heavy (non-hydrogen) atoms. The average molecular weight is 299 g/mol. The van der Waals surface area contributed by atoms with E-state index in [2.05, 4.69) is 47.6 Å². The van der Waals surface area contributed by atoms with Gasteiger partial charge in [0.1, 0.15) is 17.3 Å². The zero-order chi connectivity index (χ0) is 15.3. The second-order valence-electron chi connectivity index (χ2n) is 5.87. The van der Waals surface area contributed by atoms with Crippen LogP contribution >= 0.6 is 0 Å². The highest BCUT2D eigenvalue weighted by atomic mass is 28.4. The molecule has 0 saturated carbocycles. The fraction of sp³-hybridized carbons (Fsp3) is 0.312. The van der Waals surface area contributed by atoms with Crippen LogP contribution in [0.4, 0.5) is 5.69 Å². The van der Waals surface area contributed by atoms with Gasteiger partial charge in [-0.3, -0.25) is 4.99 Å². The first-order valence-corrected chi connectivity index (χ1v) is 10.4. The highest BCUT2D eigenvalue weighted by Gasteiger charge is 2.18. The van der Waals surface area contributed by atoms with Gasteiger partial charge in [-0.1, -0.05) is 6.07 Å². The molecule has 0 amide bonds. The van der Waals surface area contributed by atoms with Crippen molar-refractivity contribution >= 4 is 20.2 Å². The predicted molar refractivity (Wildman–Crippen MR) is 89.0 cm³/mol. The number of benzene rings is 1. The third-order valence-corrected chi connectivity index (χ3v) is 3.49. The van der Waals surface area contributed by atoms with E-state index in [9.17, 15) is 0 Å². The lowest BCUT2D eigenvalue weighted by atomic mass is 10.2. The number of hydrogen-bond donors (Lipinski definition) is 0. The maximum atomic E-state index is 6.08. The SMILES string of the molecule is Cc1ccc(O[Si](C)(C)C)c(N=CCc2ncccn2)c1. The topological polar surface area (TPSA) is 47.4 Å². The van der Waals surface area contributed by atoms with E-state index in [1.165, 1.54) is 5.56 Å². The van der Waals surface area contributed by atoms with Gasteiger partial charge < -0.3 is 4.43 Å². The van der Waals surface area contributed by atoms with E-state index in [4.69, 9.17) is 4.43 Å². The van der Waals surface area contributed by atoms with E-state index in [0.717, 1.165) is 17.3 Å². The quantitative estimate of drug-likeness (QED) is 0.620. The van der Waals surface area contributed by atoms with Gasteiger partial charge in [-0.2, -0.15) is 0 Å². The van der Waals surface area contributed by atoms with Crippen molar-refractivity contribution in [1.29, 1.82) is 0 Å². The van der Waals surface area contributed by atoms with Crippen LogP contribution in [0.25, 0.3) is 0 Å². The highest BCUT2D eigenvalue weighted by molar-refractivity contribution is 6.70. The molecule has 110 valence electrons. The summed E-state index contributed by atoms with van der Waals surface area (Å²) in [6, 6.07) is 7.90. The number of hydrogen-bond acceptors (Lipinski definition) is 4. The van der Waals surface area contributed by atoms with Crippen LogP contribution in [0, 0.1) is 6.92 Å². The van der Waals surface area contributed by atoms with E-state index in [0.29, 0.717) is 6.42 Å². The van der Waals surface area contributed by atoms with Crippen LogP contribution in [0.15, 0.2) is 41.7 Å². The van der Waals surface area contributed by atoms with Gasteiger partial charge in [-0.05, 0) is 50.3 Å². The van der Waals surface area contributed by atoms with E-state index in [-0.39, 0.29) is 0 Å². The van der Waals surface area contributed by atoms with Gasteiger partial charge in [0.15, 0.2) is 0 Å². The van der Waals surface area contributed by atoms with Crippen molar-refractivity contribution in [2.45, 2.75) is 33.0 Å². The van der Waals surface area contributed by atoms with Crippen LogP contribution in [0.3, 0.4) is 0 Å². The van der Waals surface area contributed by atoms with Crippen LogP contribution in [0.1, 0.15) is 11.4 Å². The molecule has 0 aliphatic carbocycles. The Balaban J connectivity index is 2.16. The Morgan fingerprint density at radius 2 is 1.90 bits per heavy atom. The minimum atomic E-state index is -1.65. The number of aliphatic imine (C=N–C) groups is 1. The van der Waals surface area contributed by atoms with Crippen molar-refractivity contribution in [3.63, 3.8) is 0 Å². The van der Waals surface area contributed by atoms with Crippen molar-refractivity contribution in [1.82, 2.24) is 9.97 Å². The van der Waals surface area contributed by atoms with Crippen LogP contribution in [-0.2, 0) is 6.42 Å². The van der Waals surface area contributed by atoms with E-state index < -0.39 is 8.32 Å². The Labute approximate surface area is 127 Å². The molecular formula is C16H21N3OSi. The van der Waals surface area contributed by atoms with Crippen LogP contribution in [0.2, 0.25) is 19.6 Å². The van der Waals surface area contributed by atoms with E-state index in [1.54, 1.807) is 18.5 Å². The molecule has 5 heteroatoms. The summed E-state index contributed by atoms with van der Waals surface area (Å²) in [5, 5.41) is 0. The first-order valence-electron chi connectivity index (χ1n) is 7.02. The van der Waals surface area contributed by atoms with Gasteiger partial charge in [0.25, 0.3) is 0 Å². The molecule has 0 atom stereocenters. The van der Waals surface area contributed by atoms with Gasteiger partial charge in [-0.15, -0.1) is 0 Å². The van der Waals surface area contributed by atoms with Gasteiger partial charge in [0, 0.05) is 25.0 Å². The molecule has 0 fully saturated rings. The Bertz CT molecular complexity index is 621. The summed E-state index contributed by atoms with van der Waals surface area (Å²) in [7, 11) is -1.65. The molecule has 0 N–H and O–H groups in total. The molecular weight excluding hydrogens is 278 g/mol. The molecule has 0 bridgehead atoms. The highest BCUT2D eigenvalue weighted by Crippen LogP contribution is 2.30. The first-order chi connectivity index (χ1) is 9.94. The molecule has 4 nitrogen and oxygen atoms in total. The standard InChI is InChI=1S/C16H21N3OSi/c1-13-6-7-15(20-21(2,3)4)14(12-13)17-11-8-16-18-9-5-10-19-16/h5-7,9-12H,8H2,1-4H3. The fourth-order valence-electron chi connectivity index (χ4n) is 1.81. The Morgan fingerprint density at radius 3 is 2.57 bits per heavy atom. The third-order valence-electron chi connectivity index (χ3n) is 2.65. The van der Waals surface area contributed by atoms with E-state index >= 15 is 0 Å². The van der Waals surface area contributed by atoms with Crippen LogP contribution in [-0.4, -0.2) is 24.5 Å². The molecule has 0 unspecified atom stereocenters. The van der Waals surface area contributed by atoms with Gasteiger partial charge >= 0.3 is 0 Å². The molecule has 0 spiro atoms. The molecule has 1 aromatic heterocycles. The smallest absolute Gasteiger partial charge is 0.242 e. The lowest BCUT2D eigenvalue weighted by Crippen LogP contribution is -2.29. The Hall–Kier alpha value is -2.01. The Morgan fingerprint density at radius 1 is 1.19 bits per heavy atom. The zero-order valence-electron chi connectivity index (χ0n) is 13.0. The van der Waals surface area contributed by atoms with Gasteiger partial charge in [0.2, 0.25) is 8.32 Å². The summed E-state index contributed by atoms with van der Waals surface area (Å²) in [4.78, 5) is 12.9. The second-order valence-corrected chi connectivity index (χ2v) is 10.3. The lowest BCUT2D eigenvalue weighted by Gasteiger charge is -2.20. The summed E-state index contributed by atoms with van der Waals surface area (Å²) in [6.07, 6.45) is 5.92. The summed E-state index contributed by atoms with van der Waals surface area (Å²) < 4.78 is 6.08. The minimum Gasteiger partial charge on any atom is -0.543 e. The molecule has 1 aromatic carbocycles. The number of aryl methyl sites for hydroxylation is 1. The lowest BCUT2D eigenvalue weighted by molar-refractivity contribution is 0.559. The minimum absolute atomic E-state index is 0.612. The summed E-state index contributed by atoms with van der Waals surface area (Å²) in [5.74, 6) is 1.62. The van der Waals surface area contributed by atoms with Crippen molar-refractivity contribution in [2.24, 2.45) is 4.99 Å². The largest absolute Gasteiger partial charge is 0.543 e. The number of rotatable bonds is 5. The van der Waals surface area contributed by atoms with Gasteiger partial charge in [-0.25, -0.2) is 9.97 Å². The van der Waals surface area contributed by atoms with E-state index in [1.807, 2.05) is 18.3 Å². The first kappa shape index (κ1) is 15.4. The van der Waals surface area contributed by atoms with Crippen molar-refractivity contribution in [3.8, 4) is 5.75 Å². The fourth-order valence-corrected chi connectivity index (χ4v) is 2.64. The number of aromatic nitrogens is 2. The number of nitrogens with zero attached hydrogens (tertiary/aromatic N) is 3. The monoisotopic (exact) mass is 299 g/mol. The summed E-state index contributed by atoms with van der Waals surface area (Å²) in [5.41, 5.74) is 2.04. The molecule has 0 aliphatic rings.